The van der Waals surface area contributed by atoms with Gasteiger partial charge in [-0.3, -0.25) is 14.1 Å². The van der Waals surface area contributed by atoms with Crippen LogP contribution in [0.2, 0.25) is 0 Å². The number of aromatic nitrogens is 6. The summed E-state index contributed by atoms with van der Waals surface area (Å²) < 4.78 is 23.9. The first-order valence-electron chi connectivity index (χ1n) is 48.5. The van der Waals surface area contributed by atoms with E-state index in [9.17, 15) is 0 Å². The van der Waals surface area contributed by atoms with E-state index in [2.05, 4.69) is 458 Å². The molecule has 0 N–H and O–H groups in total. The molecule has 23 aromatic carbocycles. The molecule has 143 heavy (non-hydrogen) atoms. The number of hydrogen-bond donors (Lipinski definition) is 0. The second-order valence-electron chi connectivity index (χ2n) is 36.7. The highest BCUT2D eigenvalue weighted by Crippen LogP contribution is 2.52. The van der Waals surface area contributed by atoms with Gasteiger partial charge >= 0.3 is 0 Å². The van der Waals surface area contributed by atoms with Crippen molar-refractivity contribution >= 4 is 174 Å². The third kappa shape index (κ3) is 13.6. The zero-order chi connectivity index (χ0) is 94.1. The number of para-hydroxylation sites is 12. The SMILES string of the molecule is c1cc(-c2c3ccccc3c(-c3ccc4ccc5cccnc5c4n3)c3ccccc23)cc(-c2cccc3c2oc2ccccc23)c1.c1ccc(-n2c(-c3c4ccccc4c(-c4ccc(-c5cccc6c5oc5ccccc56)cc4)c4ccccc34)nc3ccccc32)cc1.c1ccc(-n2c(-c3c4ccccc4c(-c4cccc(-c5cccc6c5oc5ccccc56)c4)c4ccccc34)nc3ccccc32)cc1. The lowest BCUT2D eigenvalue weighted by Gasteiger charge is -2.19. The van der Waals surface area contributed by atoms with Crippen molar-refractivity contribution in [2.24, 2.45) is 0 Å². The van der Waals surface area contributed by atoms with E-state index in [1.807, 2.05) is 48.7 Å². The van der Waals surface area contributed by atoms with E-state index in [4.69, 9.17) is 33.2 Å². The molecule has 9 heteroatoms. The van der Waals surface area contributed by atoms with Gasteiger partial charge in [-0.15, -0.1) is 0 Å². The average molecular weight is 1820 g/mol. The Kier molecular flexibility index (Phi) is 19.5. The molecule has 30 aromatic rings. The number of fused-ring (bicyclic) bond motifs is 20. The zero-order valence-corrected chi connectivity index (χ0v) is 77.3. The van der Waals surface area contributed by atoms with Crippen LogP contribution < -0.4 is 0 Å². The molecule has 0 aliphatic heterocycles. The first kappa shape index (κ1) is 82.1. The summed E-state index contributed by atoms with van der Waals surface area (Å²) in [5.41, 5.74) is 31.8. The van der Waals surface area contributed by atoms with Crippen molar-refractivity contribution in [2.45, 2.75) is 0 Å². The van der Waals surface area contributed by atoms with Crippen molar-refractivity contribution in [1.29, 1.82) is 0 Å². The van der Waals surface area contributed by atoms with Crippen LogP contribution in [0.4, 0.5) is 0 Å². The molecule has 0 unspecified atom stereocenters. The largest absolute Gasteiger partial charge is 0.455 e. The summed E-state index contributed by atoms with van der Waals surface area (Å²) in [6.45, 7) is 0. The highest BCUT2D eigenvalue weighted by molar-refractivity contribution is 6.26. The van der Waals surface area contributed by atoms with Gasteiger partial charge in [0.05, 0.1) is 38.8 Å². The van der Waals surface area contributed by atoms with E-state index >= 15 is 0 Å². The first-order chi connectivity index (χ1) is 71.0. The minimum Gasteiger partial charge on any atom is -0.455 e. The molecule has 9 nitrogen and oxygen atoms in total. The van der Waals surface area contributed by atoms with Gasteiger partial charge in [0.1, 0.15) is 45.1 Å². The molecule has 666 valence electrons. The van der Waals surface area contributed by atoms with E-state index in [0.29, 0.717) is 0 Å². The predicted octanol–water partition coefficient (Wildman–Crippen LogP) is 36.5. The second kappa shape index (κ2) is 33.9. The van der Waals surface area contributed by atoms with Crippen LogP contribution in [0.1, 0.15) is 0 Å². The van der Waals surface area contributed by atoms with E-state index in [1.165, 1.54) is 86.9 Å². The van der Waals surface area contributed by atoms with Gasteiger partial charge in [-0.1, -0.05) is 400 Å². The highest BCUT2D eigenvalue weighted by Gasteiger charge is 2.28. The molecule has 30 rings (SSSR count). The van der Waals surface area contributed by atoms with Gasteiger partial charge in [0, 0.05) is 94.0 Å². The van der Waals surface area contributed by atoms with Gasteiger partial charge in [-0.05, 0) is 206 Å². The molecule has 0 fully saturated rings. The van der Waals surface area contributed by atoms with E-state index in [1.54, 1.807) is 0 Å². The summed E-state index contributed by atoms with van der Waals surface area (Å²) >= 11 is 0. The summed E-state index contributed by atoms with van der Waals surface area (Å²) in [5, 5.41) is 23.2. The van der Waals surface area contributed by atoms with Gasteiger partial charge in [-0.2, -0.15) is 0 Å². The number of furan rings is 3. The van der Waals surface area contributed by atoms with Gasteiger partial charge in [0.15, 0.2) is 0 Å². The standard InChI is InChI=1S/2C45H28N2O.C44H26N2O/c1-2-16-31(17-3-1)47-40-26-10-9-25-39(40)46-45(47)43-36-21-6-4-19-34(36)42(35-20-5-7-22-37(35)43)30-15-12-14-29(28-30)32-23-13-24-38-33-18-8-11-27-41(33)48-44(32)38;1-2-13-31(14-3-1)47-40-23-10-9-22-39(40)46-45(47)43-36-18-6-4-16-34(36)42(35-17-5-7-19-37(35)43)30-27-25-29(26-28-30)32-20-12-21-38-33-15-8-11-24-41(33)48-44(32)38;1-3-16-35-33(14-1)40(30-11-7-10-29(26-30)31-18-8-19-37-32-13-5-6-20-39(32)47-44(31)37)34-15-2-4-17-36(34)41(35)38-24-23-28-22-21-27-12-9-25-45-42(27)43(28)46-38/h2*1-28H;1-26H. The molecule has 0 aliphatic rings. The lowest BCUT2D eigenvalue weighted by molar-refractivity contribution is 0.669. The Hall–Kier alpha value is -19.2. The van der Waals surface area contributed by atoms with Crippen molar-refractivity contribution in [1.82, 2.24) is 29.1 Å². The quantitative estimate of drug-likeness (QED) is 0.0939. The van der Waals surface area contributed by atoms with E-state index in [-0.39, 0.29) is 0 Å². The van der Waals surface area contributed by atoms with Crippen LogP contribution in [0.5, 0.6) is 0 Å². The zero-order valence-electron chi connectivity index (χ0n) is 77.3. The molecule has 0 radical (unpaired) electrons. The Morgan fingerprint density at radius 2 is 0.483 bits per heavy atom. The normalized spacial score (nSPS) is 11.8. The molecule has 7 heterocycles. The summed E-state index contributed by atoms with van der Waals surface area (Å²) in [5.74, 6) is 1.88. The third-order valence-electron chi connectivity index (χ3n) is 28.7. The van der Waals surface area contributed by atoms with Crippen LogP contribution in [-0.2, 0) is 0 Å². The second-order valence-corrected chi connectivity index (χ2v) is 36.7. The van der Waals surface area contributed by atoms with Gasteiger partial charge in [0.25, 0.3) is 0 Å². The summed E-state index contributed by atoms with van der Waals surface area (Å²) in [4.78, 5) is 20.6. The van der Waals surface area contributed by atoms with Gasteiger partial charge in [-0.25, -0.2) is 15.0 Å². The van der Waals surface area contributed by atoms with Crippen molar-refractivity contribution in [2.75, 3.05) is 0 Å². The molecular weight excluding hydrogens is 1740 g/mol. The number of imidazole rings is 2. The van der Waals surface area contributed by atoms with Crippen molar-refractivity contribution in [3.05, 3.63) is 498 Å². The maximum atomic E-state index is 6.45. The molecule has 0 saturated heterocycles. The Balaban J connectivity index is 0.000000105. The minimum atomic E-state index is 0.907. The van der Waals surface area contributed by atoms with Crippen LogP contribution in [0, 0.1) is 0 Å². The van der Waals surface area contributed by atoms with Crippen LogP contribution in [0.3, 0.4) is 0 Å². The fraction of sp³-hybridized carbons (Fsp3) is 0. The van der Waals surface area contributed by atoms with Crippen LogP contribution >= 0.6 is 0 Å². The lowest BCUT2D eigenvalue weighted by Crippen LogP contribution is -1.99. The number of nitrogens with zero attached hydrogens (tertiary/aromatic N) is 6. The molecule has 0 spiro atoms. The molecule has 0 aliphatic carbocycles. The van der Waals surface area contributed by atoms with Crippen LogP contribution in [-0.4, -0.2) is 29.1 Å². The molecule has 7 aromatic heterocycles. The summed E-state index contributed by atoms with van der Waals surface area (Å²) in [6, 6.07) is 174. The maximum absolute atomic E-state index is 6.45. The summed E-state index contributed by atoms with van der Waals surface area (Å²) in [6.07, 6.45) is 1.85. The van der Waals surface area contributed by atoms with Gasteiger partial charge in [0.2, 0.25) is 0 Å². The van der Waals surface area contributed by atoms with Crippen molar-refractivity contribution in [3.8, 4) is 112 Å². The third-order valence-corrected chi connectivity index (χ3v) is 28.7. The number of rotatable bonds is 11. The molecular formula is C134H82N6O3. The number of pyridine rings is 2. The van der Waals surface area contributed by atoms with Crippen molar-refractivity contribution in [3.63, 3.8) is 0 Å². The molecule has 0 saturated carbocycles. The molecule has 0 bridgehead atoms. The Morgan fingerprint density at radius 3 is 0.888 bits per heavy atom. The first-order valence-corrected chi connectivity index (χ1v) is 48.5. The number of hydrogen-bond acceptors (Lipinski definition) is 7. The van der Waals surface area contributed by atoms with E-state index < -0.39 is 0 Å². The van der Waals surface area contributed by atoms with E-state index in [0.717, 1.165) is 200 Å². The van der Waals surface area contributed by atoms with Crippen LogP contribution in [0.15, 0.2) is 511 Å². The number of benzene rings is 23. The average Bonchev–Trinajstić information content (AvgIpc) is 1.72. The predicted molar refractivity (Wildman–Crippen MR) is 595 cm³/mol. The Morgan fingerprint density at radius 1 is 0.182 bits per heavy atom. The minimum absolute atomic E-state index is 0.907. The smallest absolute Gasteiger partial charge is 0.146 e. The highest BCUT2D eigenvalue weighted by atomic mass is 16.3. The lowest BCUT2D eigenvalue weighted by atomic mass is 9.86. The maximum Gasteiger partial charge on any atom is 0.146 e. The van der Waals surface area contributed by atoms with Gasteiger partial charge < -0.3 is 13.3 Å². The molecule has 0 amide bonds. The van der Waals surface area contributed by atoms with Crippen LogP contribution in [0.25, 0.3) is 286 Å². The molecule has 0 atom stereocenters. The fourth-order valence-corrected chi connectivity index (χ4v) is 22.4. The van der Waals surface area contributed by atoms with Crippen molar-refractivity contribution < 1.29 is 13.3 Å². The monoisotopic (exact) mass is 1820 g/mol. The Labute approximate surface area is 820 Å². The fourth-order valence-electron chi connectivity index (χ4n) is 22.4. The topological polar surface area (TPSA) is 101 Å². The Bertz CT molecular complexity index is 10200. The summed E-state index contributed by atoms with van der Waals surface area (Å²) in [7, 11) is 0.